The zero-order valence-electron chi connectivity index (χ0n) is 15.3. The van der Waals surface area contributed by atoms with Crippen molar-refractivity contribution in [3.63, 3.8) is 0 Å². The third-order valence-electron chi connectivity index (χ3n) is 5.11. The second kappa shape index (κ2) is 7.08. The van der Waals surface area contributed by atoms with Crippen molar-refractivity contribution in [1.82, 2.24) is 9.47 Å². The van der Waals surface area contributed by atoms with E-state index in [-0.39, 0.29) is 5.78 Å². The maximum Gasteiger partial charge on any atom is 0.165 e. The predicted octanol–water partition coefficient (Wildman–Crippen LogP) is 3.82. The van der Waals surface area contributed by atoms with Crippen LogP contribution < -0.4 is 0 Å². The van der Waals surface area contributed by atoms with Gasteiger partial charge in [-0.25, -0.2) is 0 Å². The van der Waals surface area contributed by atoms with Gasteiger partial charge in [0.1, 0.15) is 0 Å². The smallest absolute Gasteiger partial charge is 0.165 e. The van der Waals surface area contributed by atoms with Crippen LogP contribution in [0.1, 0.15) is 53.9 Å². The Hall–Kier alpha value is -1.65. The van der Waals surface area contributed by atoms with E-state index in [0.717, 1.165) is 55.9 Å². The number of nitrogens with zero attached hydrogens (tertiary/aromatic N) is 2. The molecule has 0 atom stereocenters. The number of aryl methyl sites for hydroxylation is 1. The molecule has 3 rings (SSSR count). The molecular weight excluding hydrogens is 300 g/mol. The monoisotopic (exact) mass is 328 g/mol. The minimum Gasteiger partial charge on any atom is -0.380 e. The maximum atomic E-state index is 12.6. The largest absolute Gasteiger partial charge is 0.380 e. The molecule has 0 fully saturated rings. The zero-order valence-corrected chi connectivity index (χ0v) is 15.3. The van der Waals surface area contributed by atoms with E-state index in [0.29, 0.717) is 6.42 Å². The molecule has 0 saturated heterocycles. The van der Waals surface area contributed by atoms with Crippen molar-refractivity contribution in [3.05, 3.63) is 34.5 Å². The lowest BCUT2D eigenvalue weighted by Gasteiger charge is -2.13. The minimum atomic E-state index is 0.270. The van der Waals surface area contributed by atoms with E-state index in [1.54, 1.807) is 0 Å². The number of aromatic nitrogens is 1. The van der Waals surface area contributed by atoms with Crippen molar-refractivity contribution in [2.24, 2.45) is 7.05 Å². The predicted molar refractivity (Wildman–Crippen MR) is 97.5 cm³/mol. The van der Waals surface area contributed by atoms with Crippen LogP contribution in [-0.4, -0.2) is 35.0 Å². The average Bonchev–Trinajstić information content (AvgIpc) is 3.05. The van der Waals surface area contributed by atoms with Gasteiger partial charge in [-0.3, -0.25) is 9.69 Å². The molecular formula is C20H28N2O2. The quantitative estimate of drug-likeness (QED) is 0.572. The summed E-state index contributed by atoms with van der Waals surface area (Å²) in [7, 11) is 2.06. The molecule has 0 unspecified atom stereocenters. The van der Waals surface area contributed by atoms with E-state index in [4.69, 9.17) is 4.74 Å². The van der Waals surface area contributed by atoms with Gasteiger partial charge >= 0.3 is 0 Å². The van der Waals surface area contributed by atoms with Crippen LogP contribution in [0.3, 0.4) is 0 Å². The molecule has 2 heterocycles. The lowest BCUT2D eigenvalue weighted by Crippen LogP contribution is -2.21. The number of hydrogen-bond acceptors (Lipinski definition) is 3. The van der Waals surface area contributed by atoms with Crippen LogP contribution in [0.25, 0.3) is 10.9 Å². The van der Waals surface area contributed by atoms with Crippen molar-refractivity contribution >= 4 is 16.7 Å². The number of carbonyl (C=O) groups excluding carboxylic acids is 1. The molecule has 2 aromatic rings. The van der Waals surface area contributed by atoms with E-state index in [1.165, 1.54) is 16.6 Å². The van der Waals surface area contributed by atoms with Gasteiger partial charge in [-0.15, -0.1) is 0 Å². The van der Waals surface area contributed by atoms with Gasteiger partial charge in [0.05, 0.1) is 6.61 Å². The topological polar surface area (TPSA) is 34.5 Å². The molecule has 0 radical (unpaired) electrons. The first-order valence-electron chi connectivity index (χ1n) is 9.00. The van der Waals surface area contributed by atoms with Gasteiger partial charge in [0.2, 0.25) is 0 Å². The van der Waals surface area contributed by atoms with Gasteiger partial charge in [0, 0.05) is 61.9 Å². The third kappa shape index (κ3) is 3.01. The summed E-state index contributed by atoms with van der Waals surface area (Å²) in [5.74, 6) is 0.270. The third-order valence-corrected chi connectivity index (χ3v) is 5.11. The van der Waals surface area contributed by atoms with Crippen LogP contribution in [0, 0.1) is 6.92 Å². The Labute approximate surface area is 144 Å². The molecule has 4 heteroatoms. The molecule has 130 valence electrons. The van der Waals surface area contributed by atoms with Crippen LogP contribution in [0.2, 0.25) is 0 Å². The van der Waals surface area contributed by atoms with Crippen LogP contribution in [0.15, 0.2) is 12.1 Å². The Morgan fingerprint density at radius 3 is 2.58 bits per heavy atom. The molecule has 1 aliphatic heterocycles. The lowest BCUT2D eigenvalue weighted by molar-refractivity contribution is 0.0982. The number of carbonyl (C=O) groups is 1. The molecule has 1 aromatic carbocycles. The molecule has 0 saturated carbocycles. The highest BCUT2D eigenvalue weighted by Gasteiger charge is 2.24. The summed E-state index contributed by atoms with van der Waals surface area (Å²) >= 11 is 0. The highest BCUT2D eigenvalue weighted by molar-refractivity contribution is 6.09. The first-order chi connectivity index (χ1) is 11.6. The summed E-state index contributed by atoms with van der Waals surface area (Å²) in [6.45, 7) is 10.6. The van der Waals surface area contributed by atoms with Crippen LogP contribution >= 0.6 is 0 Å². The summed E-state index contributed by atoms with van der Waals surface area (Å²) < 4.78 is 7.65. The first kappa shape index (κ1) is 17.2. The number of Topliss-reactive ketones (excluding diaryl/α,β-unsaturated/α-hetero) is 1. The fourth-order valence-electron chi connectivity index (χ4n) is 3.73. The summed E-state index contributed by atoms with van der Waals surface area (Å²) in [5, 5.41) is 1.12. The molecule has 1 aromatic heterocycles. The molecule has 24 heavy (non-hydrogen) atoms. The molecule has 0 bridgehead atoms. The fourth-order valence-corrected chi connectivity index (χ4v) is 3.73. The van der Waals surface area contributed by atoms with Crippen molar-refractivity contribution in [2.75, 3.05) is 19.8 Å². The van der Waals surface area contributed by atoms with Crippen molar-refractivity contribution in [1.29, 1.82) is 0 Å². The Morgan fingerprint density at radius 2 is 1.92 bits per heavy atom. The number of ketones is 1. The number of rotatable bonds is 7. The summed E-state index contributed by atoms with van der Waals surface area (Å²) in [4.78, 5) is 15.0. The van der Waals surface area contributed by atoms with Crippen LogP contribution in [0.4, 0.5) is 0 Å². The maximum absolute atomic E-state index is 12.6. The molecule has 0 amide bonds. The van der Waals surface area contributed by atoms with Crippen molar-refractivity contribution in [2.45, 2.75) is 46.7 Å². The molecule has 0 aliphatic carbocycles. The Bertz CT molecular complexity index is 761. The minimum absolute atomic E-state index is 0.270. The summed E-state index contributed by atoms with van der Waals surface area (Å²) in [5.41, 5.74) is 5.92. The van der Waals surface area contributed by atoms with Gasteiger partial charge in [-0.2, -0.15) is 0 Å². The standard InChI is InChI=1S/C20H28N2O2/c1-5-7-19(23)20-14(3)21(4)18-11-16-13-22(8-9-24-6-2)12-15(16)10-17(18)20/h10-11H,5-9,12-13H2,1-4H3. The van der Waals surface area contributed by atoms with E-state index in [2.05, 4.69) is 42.5 Å². The summed E-state index contributed by atoms with van der Waals surface area (Å²) in [6, 6.07) is 4.53. The second-order valence-corrected chi connectivity index (χ2v) is 6.74. The van der Waals surface area contributed by atoms with E-state index >= 15 is 0 Å². The van der Waals surface area contributed by atoms with E-state index in [1.807, 2.05) is 6.92 Å². The number of ether oxygens (including phenoxy) is 1. The molecule has 0 N–H and O–H groups in total. The molecule has 4 nitrogen and oxygen atoms in total. The van der Waals surface area contributed by atoms with Gasteiger partial charge < -0.3 is 9.30 Å². The van der Waals surface area contributed by atoms with E-state index in [9.17, 15) is 4.79 Å². The van der Waals surface area contributed by atoms with Crippen LogP contribution in [-0.2, 0) is 24.9 Å². The SMILES string of the molecule is CCCC(=O)c1c(C)n(C)c2cc3c(cc12)CN(CCOCC)C3. The van der Waals surface area contributed by atoms with Gasteiger partial charge in [0.15, 0.2) is 5.78 Å². The number of hydrogen-bond donors (Lipinski definition) is 0. The average molecular weight is 328 g/mol. The Morgan fingerprint density at radius 1 is 1.21 bits per heavy atom. The zero-order chi connectivity index (χ0) is 17.3. The lowest BCUT2D eigenvalue weighted by atomic mass is 10.0. The van der Waals surface area contributed by atoms with Crippen molar-refractivity contribution in [3.8, 4) is 0 Å². The fraction of sp³-hybridized carbons (Fsp3) is 0.550. The van der Waals surface area contributed by atoms with Gasteiger partial charge in [-0.05, 0) is 43.5 Å². The van der Waals surface area contributed by atoms with Gasteiger partial charge in [-0.1, -0.05) is 6.92 Å². The van der Waals surface area contributed by atoms with Crippen molar-refractivity contribution < 1.29 is 9.53 Å². The Kier molecular flexibility index (Phi) is 5.07. The van der Waals surface area contributed by atoms with Gasteiger partial charge in [0.25, 0.3) is 0 Å². The normalized spacial score (nSPS) is 14.5. The highest BCUT2D eigenvalue weighted by Crippen LogP contribution is 2.33. The Balaban J connectivity index is 1.94. The molecule has 0 spiro atoms. The first-order valence-corrected chi connectivity index (χ1v) is 9.00. The van der Waals surface area contributed by atoms with Crippen LogP contribution in [0.5, 0.6) is 0 Å². The highest BCUT2D eigenvalue weighted by atomic mass is 16.5. The number of fused-ring (bicyclic) bond motifs is 2. The number of benzene rings is 1. The molecule has 1 aliphatic rings. The second-order valence-electron chi connectivity index (χ2n) is 6.74. The van der Waals surface area contributed by atoms with E-state index < -0.39 is 0 Å². The summed E-state index contributed by atoms with van der Waals surface area (Å²) in [6.07, 6.45) is 1.52.